The van der Waals surface area contributed by atoms with Crippen LogP contribution in [-0.4, -0.2) is 53.8 Å². The molecule has 0 aliphatic rings. The maximum Gasteiger partial charge on any atom is 0.356 e. The molecule has 1 heterocycles. The molecule has 7 nitrogen and oxygen atoms in total. The maximum absolute atomic E-state index is 12.0. The van der Waals surface area contributed by atoms with E-state index in [-0.39, 0.29) is 23.2 Å². The number of carbonyl (C=O) groups excluding carboxylic acids is 1. The van der Waals surface area contributed by atoms with E-state index in [0.717, 1.165) is 0 Å². The van der Waals surface area contributed by atoms with Crippen molar-refractivity contribution in [2.75, 3.05) is 14.1 Å². The average Bonchev–Trinajstić information content (AvgIpc) is 3.02. The molecule has 1 aromatic carbocycles. The fraction of sp³-hybridized carbons (Fsp3) is 0.286. The smallest absolute Gasteiger partial charge is 0.356 e. The SMILES string of the molecule is [B]c1nc(C(=O)O)c(C(N/C(C=O)=C/C(Cl)=C\N(C)C)c2ccc(Cl)cc2)n1C(C)C. The lowest BCUT2D eigenvalue weighted by atomic mass is 10.00. The Labute approximate surface area is 192 Å². The second kappa shape index (κ2) is 10.5. The van der Waals surface area contributed by atoms with E-state index in [1.165, 1.54) is 6.08 Å². The molecule has 162 valence electrons. The lowest BCUT2D eigenvalue weighted by Crippen LogP contribution is -2.30. The topological polar surface area (TPSA) is 87.5 Å². The highest BCUT2D eigenvalue weighted by atomic mass is 35.5. The molecular weight excluding hydrogens is 438 g/mol. The number of allylic oxidation sites excluding steroid dienone is 3. The minimum atomic E-state index is -1.23. The number of nitrogens with zero attached hydrogens (tertiary/aromatic N) is 3. The van der Waals surface area contributed by atoms with Crippen LogP contribution < -0.4 is 11.0 Å². The number of aromatic carboxylic acids is 1. The van der Waals surface area contributed by atoms with Gasteiger partial charge in [0.15, 0.2) is 19.8 Å². The van der Waals surface area contributed by atoms with E-state index < -0.39 is 12.0 Å². The minimum absolute atomic E-state index is 0.0605. The van der Waals surface area contributed by atoms with E-state index in [0.29, 0.717) is 27.6 Å². The quantitative estimate of drug-likeness (QED) is 0.259. The van der Waals surface area contributed by atoms with Crippen molar-refractivity contribution in [2.45, 2.75) is 25.9 Å². The van der Waals surface area contributed by atoms with Crippen LogP contribution in [0.25, 0.3) is 0 Å². The van der Waals surface area contributed by atoms with Crippen LogP contribution in [0.3, 0.4) is 0 Å². The van der Waals surface area contributed by atoms with Crippen LogP contribution in [0.1, 0.15) is 47.7 Å². The largest absolute Gasteiger partial charge is 0.476 e. The zero-order chi connectivity index (χ0) is 23.3. The summed E-state index contributed by atoms with van der Waals surface area (Å²) in [7, 11) is 9.63. The lowest BCUT2D eigenvalue weighted by molar-refractivity contribution is -0.105. The van der Waals surface area contributed by atoms with Gasteiger partial charge in [-0.15, -0.1) is 0 Å². The maximum atomic E-state index is 12.0. The average molecular weight is 461 g/mol. The van der Waals surface area contributed by atoms with Gasteiger partial charge in [-0.1, -0.05) is 35.3 Å². The van der Waals surface area contributed by atoms with E-state index in [4.69, 9.17) is 31.0 Å². The normalized spacial score (nSPS) is 13.3. The molecule has 0 saturated carbocycles. The Balaban J connectivity index is 2.71. The van der Waals surface area contributed by atoms with Gasteiger partial charge >= 0.3 is 5.97 Å². The molecule has 2 aromatic rings. The molecule has 0 fully saturated rings. The summed E-state index contributed by atoms with van der Waals surface area (Å²) in [6, 6.07) is 5.87. The Hall–Kier alpha value is -2.71. The Morgan fingerprint density at radius 1 is 1.29 bits per heavy atom. The molecule has 1 unspecified atom stereocenters. The standard InChI is InChI=1S/C21H23BCl2N4O3/c1-12(2)28-19(18(20(30)31)26-21(28)22)17(13-5-7-14(23)8-6-13)25-16(11-29)9-15(24)10-27(3)4/h5-12,17,25H,1-4H3,(H,30,31)/b15-10+,16-9+. The lowest BCUT2D eigenvalue weighted by Gasteiger charge is -2.25. The van der Waals surface area contributed by atoms with Gasteiger partial charge in [0, 0.05) is 31.4 Å². The summed E-state index contributed by atoms with van der Waals surface area (Å²) in [6.45, 7) is 3.72. The number of aldehydes is 1. The molecule has 2 N–H and O–H groups in total. The van der Waals surface area contributed by atoms with Crippen molar-refractivity contribution in [1.29, 1.82) is 0 Å². The van der Waals surface area contributed by atoms with Crippen molar-refractivity contribution < 1.29 is 14.7 Å². The summed E-state index contributed by atoms with van der Waals surface area (Å²) in [4.78, 5) is 29.5. The number of aromatic nitrogens is 2. The second-order valence-corrected chi connectivity index (χ2v) is 8.17. The molecule has 2 rings (SSSR count). The first-order valence-corrected chi connectivity index (χ1v) is 10.1. The number of hydrogen-bond acceptors (Lipinski definition) is 5. The molecule has 0 saturated heterocycles. The number of benzene rings is 1. The van der Waals surface area contributed by atoms with Crippen LogP contribution in [0.2, 0.25) is 5.02 Å². The fourth-order valence-corrected chi connectivity index (χ4v) is 3.55. The van der Waals surface area contributed by atoms with Crippen molar-refractivity contribution in [3.05, 3.63) is 69.2 Å². The Kier molecular flexibility index (Phi) is 8.36. The van der Waals surface area contributed by atoms with Crippen LogP contribution in [0, 0.1) is 0 Å². The van der Waals surface area contributed by atoms with Crippen molar-refractivity contribution in [3.63, 3.8) is 0 Å². The van der Waals surface area contributed by atoms with Gasteiger partial charge < -0.3 is 19.9 Å². The summed E-state index contributed by atoms with van der Waals surface area (Å²) < 4.78 is 1.62. The number of carbonyl (C=O) groups is 2. The molecule has 1 atom stereocenters. The van der Waals surface area contributed by atoms with E-state index in [2.05, 4.69) is 10.3 Å². The fourth-order valence-electron chi connectivity index (χ4n) is 3.11. The number of nitrogens with one attached hydrogen (secondary N) is 1. The summed E-state index contributed by atoms with van der Waals surface area (Å²) in [5, 5.41) is 13.7. The minimum Gasteiger partial charge on any atom is -0.476 e. The van der Waals surface area contributed by atoms with E-state index in [9.17, 15) is 14.7 Å². The Morgan fingerprint density at radius 3 is 2.39 bits per heavy atom. The number of hydrogen-bond donors (Lipinski definition) is 2. The third kappa shape index (κ3) is 6.15. The zero-order valence-electron chi connectivity index (χ0n) is 17.6. The first-order chi connectivity index (χ1) is 14.5. The predicted molar refractivity (Wildman–Crippen MR) is 123 cm³/mol. The van der Waals surface area contributed by atoms with Crippen molar-refractivity contribution in [3.8, 4) is 0 Å². The van der Waals surface area contributed by atoms with Crippen molar-refractivity contribution in [1.82, 2.24) is 19.8 Å². The van der Waals surface area contributed by atoms with Gasteiger partial charge in [0.1, 0.15) is 0 Å². The molecule has 31 heavy (non-hydrogen) atoms. The Morgan fingerprint density at radius 2 is 1.90 bits per heavy atom. The predicted octanol–water partition coefficient (Wildman–Crippen LogP) is 3.01. The monoisotopic (exact) mass is 460 g/mol. The highest BCUT2D eigenvalue weighted by molar-refractivity contribution is 6.31. The van der Waals surface area contributed by atoms with Crippen LogP contribution in [0.15, 0.2) is 47.3 Å². The molecule has 0 bridgehead atoms. The van der Waals surface area contributed by atoms with E-state index in [1.807, 2.05) is 13.8 Å². The van der Waals surface area contributed by atoms with Crippen molar-refractivity contribution >= 4 is 49.0 Å². The van der Waals surface area contributed by atoms with Crippen LogP contribution in [0.4, 0.5) is 0 Å². The molecule has 0 aliphatic heterocycles. The van der Waals surface area contributed by atoms with Crippen LogP contribution >= 0.6 is 23.2 Å². The number of carboxylic acid groups (broad SMARTS) is 1. The summed E-state index contributed by atoms with van der Waals surface area (Å²) in [6.07, 6.45) is 3.69. The van der Waals surface area contributed by atoms with Gasteiger partial charge in [0.2, 0.25) is 0 Å². The van der Waals surface area contributed by atoms with Crippen LogP contribution in [0.5, 0.6) is 0 Å². The van der Waals surface area contributed by atoms with Crippen molar-refractivity contribution in [2.24, 2.45) is 0 Å². The Bertz CT molecular complexity index is 1010. The van der Waals surface area contributed by atoms with Gasteiger partial charge in [0.05, 0.1) is 28.2 Å². The highest BCUT2D eigenvalue weighted by Gasteiger charge is 2.29. The first-order valence-electron chi connectivity index (χ1n) is 9.38. The first kappa shape index (κ1) is 24.6. The second-order valence-electron chi connectivity index (χ2n) is 7.30. The van der Waals surface area contributed by atoms with Gasteiger partial charge in [-0.2, -0.15) is 0 Å². The third-order valence-corrected chi connectivity index (χ3v) is 4.74. The van der Waals surface area contributed by atoms with Crippen LogP contribution in [-0.2, 0) is 4.79 Å². The summed E-state index contributed by atoms with van der Waals surface area (Å²) in [5.74, 6) is -1.23. The molecular formula is C21H23BCl2N4O3. The molecule has 1 aromatic heterocycles. The molecule has 10 heteroatoms. The number of carboxylic acids is 1. The van der Waals surface area contributed by atoms with Gasteiger partial charge in [-0.25, -0.2) is 9.78 Å². The molecule has 0 spiro atoms. The van der Waals surface area contributed by atoms with E-state index in [1.54, 1.807) is 54.0 Å². The summed E-state index contributed by atoms with van der Waals surface area (Å²) in [5.41, 5.74) is 0.968. The van der Waals surface area contributed by atoms with Gasteiger partial charge in [-0.3, -0.25) is 4.79 Å². The number of rotatable bonds is 9. The van der Waals surface area contributed by atoms with E-state index >= 15 is 0 Å². The highest BCUT2D eigenvalue weighted by Crippen LogP contribution is 2.29. The van der Waals surface area contributed by atoms with Gasteiger partial charge in [-0.05, 0) is 37.6 Å². The molecule has 2 radical (unpaired) electrons. The molecule has 0 amide bonds. The third-order valence-electron chi connectivity index (χ3n) is 4.28. The van der Waals surface area contributed by atoms with Gasteiger partial charge in [0.25, 0.3) is 0 Å². The number of halogens is 2. The summed E-state index contributed by atoms with van der Waals surface area (Å²) >= 11 is 12.2. The zero-order valence-corrected chi connectivity index (χ0v) is 19.1. The molecule has 0 aliphatic carbocycles. The number of imidazole rings is 1.